The molecule has 0 rings (SSSR count). The average molecular weight is 497 g/mol. The molecule has 0 aromatic carbocycles. The molecule has 0 bridgehead atoms. The average Bonchev–Trinajstić information content (AvgIpc) is 2.72. The topological polar surface area (TPSA) is 57.5 Å². The predicted molar refractivity (Wildman–Crippen MR) is 145 cm³/mol. The van der Waals surface area contributed by atoms with Crippen molar-refractivity contribution >= 4 is 31.1 Å². The van der Waals surface area contributed by atoms with Gasteiger partial charge in [-0.15, -0.1) is 0 Å². The Labute approximate surface area is 203 Å². The fourth-order valence-electron chi connectivity index (χ4n) is 3.81. The zero-order valence-electron chi connectivity index (χ0n) is 20.7. The molecular formula is C25H53O3PS2. The van der Waals surface area contributed by atoms with E-state index in [0.717, 1.165) is 17.3 Å². The number of thioether (sulfide) groups is 2. The minimum atomic E-state index is -3.92. The van der Waals surface area contributed by atoms with Gasteiger partial charge in [0.15, 0.2) is 0 Å². The van der Waals surface area contributed by atoms with Crippen molar-refractivity contribution in [2.75, 3.05) is 23.4 Å². The van der Waals surface area contributed by atoms with Gasteiger partial charge in [0.2, 0.25) is 0 Å². The molecule has 0 heterocycles. The van der Waals surface area contributed by atoms with E-state index in [0.29, 0.717) is 0 Å². The minimum absolute atomic E-state index is 0.0414. The fourth-order valence-corrected chi connectivity index (χ4v) is 7.98. The Morgan fingerprint density at radius 1 is 0.613 bits per heavy atom. The van der Waals surface area contributed by atoms with Crippen molar-refractivity contribution in [1.82, 2.24) is 0 Å². The third-order valence-corrected chi connectivity index (χ3v) is 9.66. The van der Waals surface area contributed by atoms with E-state index in [-0.39, 0.29) is 11.4 Å². The summed E-state index contributed by atoms with van der Waals surface area (Å²) in [7, 11) is -3.92. The predicted octanol–water partition coefficient (Wildman–Crippen LogP) is 9.06. The number of unbranched alkanes of at least 4 members (excludes halogenated alkanes) is 16. The van der Waals surface area contributed by atoms with E-state index in [1.807, 2.05) is 11.8 Å². The quantitative estimate of drug-likeness (QED) is 0.0975. The maximum Gasteiger partial charge on any atom is 0.326 e. The molecule has 1 atom stereocenters. The van der Waals surface area contributed by atoms with Crippen LogP contribution in [0.25, 0.3) is 0 Å². The zero-order valence-corrected chi connectivity index (χ0v) is 23.2. The Morgan fingerprint density at radius 3 is 1.42 bits per heavy atom. The lowest BCUT2D eigenvalue weighted by Crippen LogP contribution is -2.14. The Kier molecular flexibility index (Phi) is 24.6. The van der Waals surface area contributed by atoms with Gasteiger partial charge in [-0.1, -0.05) is 117 Å². The summed E-state index contributed by atoms with van der Waals surface area (Å²) in [6.45, 7) is 4.52. The molecule has 0 aliphatic heterocycles. The lowest BCUT2D eigenvalue weighted by atomic mass is 10.1. The van der Waals surface area contributed by atoms with Gasteiger partial charge >= 0.3 is 7.60 Å². The summed E-state index contributed by atoms with van der Waals surface area (Å²) in [6, 6.07) is 0. The van der Waals surface area contributed by atoms with Crippen molar-refractivity contribution in [2.45, 2.75) is 135 Å². The lowest BCUT2D eigenvalue weighted by Gasteiger charge is -2.17. The molecule has 0 radical (unpaired) electrons. The van der Waals surface area contributed by atoms with Crippen molar-refractivity contribution in [1.29, 1.82) is 0 Å². The highest BCUT2D eigenvalue weighted by Gasteiger charge is 2.21. The van der Waals surface area contributed by atoms with Gasteiger partial charge in [0.1, 0.15) is 0 Å². The van der Waals surface area contributed by atoms with Crippen LogP contribution in [0.2, 0.25) is 0 Å². The van der Waals surface area contributed by atoms with Gasteiger partial charge in [-0.3, -0.25) is 4.57 Å². The SMILES string of the molecule is CCCCCCCCCCCCSCC(CP(=O)(O)O)SCCCCCCCCCC. The fraction of sp³-hybridized carbons (Fsp3) is 1.00. The molecule has 0 aliphatic carbocycles. The standard InChI is InChI=1S/C25H53O3PS2/c1-3-5-7-9-11-13-14-15-17-19-21-30-24-25(23-29(26,27)28)31-22-20-18-16-12-10-8-6-4-2/h25H,3-24H2,1-2H3,(H2,26,27,28). The van der Waals surface area contributed by atoms with Crippen LogP contribution in [-0.4, -0.2) is 38.5 Å². The molecule has 0 amide bonds. The van der Waals surface area contributed by atoms with Crippen molar-refractivity contribution < 1.29 is 14.4 Å². The van der Waals surface area contributed by atoms with E-state index in [2.05, 4.69) is 13.8 Å². The number of hydrogen-bond acceptors (Lipinski definition) is 3. The van der Waals surface area contributed by atoms with E-state index in [1.165, 1.54) is 116 Å². The molecule has 0 aromatic heterocycles. The lowest BCUT2D eigenvalue weighted by molar-refractivity contribution is 0.373. The van der Waals surface area contributed by atoms with Gasteiger partial charge < -0.3 is 9.79 Å². The van der Waals surface area contributed by atoms with Crippen LogP contribution in [0.1, 0.15) is 129 Å². The molecule has 0 aliphatic rings. The molecule has 2 N–H and O–H groups in total. The second kappa shape index (κ2) is 24.0. The molecule has 31 heavy (non-hydrogen) atoms. The normalized spacial score (nSPS) is 13.0. The van der Waals surface area contributed by atoms with Crippen molar-refractivity contribution in [2.24, 2.45) is 0 Å². The zero-order chi connectivity index (χ0) is 23.0. The van der Waals surface area contributed by atoms with Crippen LogP contribution in [0.5, 0.6) is 0 Å². The summed E-state index contributed by atoms with van der Waals surface area (Å²) < 4.78 is 11.5. The van der Waals surface area contributed by atoms with Crippen LogP contribution in [0.15, 0.2) is 0 Å². The second-order valence-corrected chi connectivity index (χ2v) is 13.3. The van der Waals surface area contributed by atoms with Crippen LogP contribution >= 0.6 is 31.1 Å². The molecule has 1 unspecified atom stereocenters. The maximum atomic E-state index is 11.5. The van der Waals surface area contributed by atoms with Gasteiger partial charge in [0.25, 0.3) is 0 Å². The summed E-state index contributed by atoms with van der Waals surface area (Å²) in [4.78, 5) is 18.8. The Balaban J connectivity index is 3.68. The first-order chi connectivity index (χ1) is 15.0. The third kappa shape index (κ3) is 27.0. The van der Waals surface area contributed by atoms with E-state index in [1.54, 1.807) is 11.8 Å². The first-order valence-electron chi connectivity index (χ1n) is 13.2. The van der Waals surface area contributed by atoms with E-state index < -0.39 is 7.60 Å². The highest BCUT2D eigenvalue weighted by atomic mass is 32.2. The summed E-state index contributed by atoms with van der Waals surface area (Å²) in [5.74, 6) is 3.05. The minimum Gasteiger partial charge on any atom is -0.324 e. The molecular weight excluding hydrogens is 443 g/mol. The van der Waals surface area contributed by atoms with Crippen molar-refractivity contribution in [3.63, 3.8) is 0 Å². The number of hydrogen-bond donors (Lipinski definition) is 2. The highest BCUT2D eigenvalue weighted by Crippen LogP contribution is 2.39. The van der Waals surface area contributed by atoms with E-state index in [4.69, 9.17) is 0 Å². The molecule has 188 valence electrons. The smallest absolute Gasteiger partial charge is 0.324 e. The van der Waals surface area contributed by atoms with Crippen LogP contribution in [0, 0.1) is 0 Å². The molecule has 0 fully saturated rings. The van der Waals surface area contributed by atoms with Gasteiger partial charge in [0.05, 0.1) is 6.16 Å². The van der Waals surface area contributed by atoms with Gasteiger partial charge in [-0.2, -0.15) is 23.5 Å². The van der Waals surface area contributed by atoms with E-state index in [9.17, 15) is 14.4 Å². The summed E-state index contributed by atoms with van der Waals surface area (Å²) in [5.41, 5.74) is 0. The van der Waals surface area contributed by atoms with Gasteiger partial charge in [-0.25, -0.2) is 0 Å². The van der Waals surface area contributed by atoms with Crippen molar-refractivity contribution in [3.05, 3.63) is 0 Å². The first-order valence-corrected chi connectivity index (χ1v) is 17.2. The Bertz CT molecular complexity index is 404. The third-order valence-electron chi connectivity index (χ3n) is 5.74. The molecule has 0 saturated heterocycles. The largest absolute Gasteiger partial charge is 0.326 e. The monoisotopic (exact) mass is 496 g/mol. The number of rotatable bonds is 25. The van der Waals surface area contributed by atoms with Gasteiger partial charge in [-0.05, 0) is 24.3 Å². The van der Waals surface area contributed by atoms with Crippen LogP contribution in [0.4, 0.5) is 0 Å². The highest BCUT2D eigenvalue weighted by molar-refractivity contribution is 8.03. The second-order valence-electron chi connectivity index (χ2n) is 9.07. The molecule has 0 saturated carbocycles. The van der Waals surface area contributed by atoms with Crippen LogP contribution in [-0.2, 0) is 4.57 Å². The first kappa shape index (κ1) is 31.9. The van der Waals surface area contributed by atoms with Gasteiger partial charge in [0, 0.05) is 11.0 Å². The van der Waals surface area contributed by atoms with Crippen LogP contribution in [0.3, 0.4) is 0 Å². The van der Waals surface area contributed by atoms with Crippen molar-refractivity contribution in [3.8, 4) is 0 Å². The summed E-state index contributed by atoms with van der Waals surface area (Å²) in [5, 5.41) is 0.0958. The Morgan fingerprint density at radius 2 is 1.00 bits per heavy atom. The van der Waals surface area contributed by atoms with Crippen LogP contribution < -0.4 is 0 Å². The summed E-state index contributed by atoms with van der Waals surface area (Å²) in [6.07, 6.45) is 24.1. The van der Waals surface area contributed by atoms with E-state index >= 15 is 0 Å². The maximum absolute atomic E-state index is 11.5. The molecule has 3 nitrogen and oxygen atoms in total. The molecule has 0 aromatic rings. The Hall–Kier alpha value is 0.850. The molecule has 6 heteroatoms. The summed E-state index contributed by atoms with van der Waals surface area (Å²) >= 11 is 3.68. The molecule has 0 spiro atoms.